The lowest BCUT2D eigenvalue weighted by Gasteiger charge is -2.16. The fraction of sp³-hybridized carbons (Fsp3) is 0. The number of aromatic hydroxyl groups is 1. The quantitative estimate of drug-likeness (QED) is 0.407. The number of hydrogen-bond donors (Lipinski definition) is 3. The van der Waals surface area contributed by atoms with E-state index in [2.05, 4.69) is 22.9 Å². The summed E-state index contributed by atoms with van der Waals surface area (Å²) in [6.07, 6.45) is 1.36. The van der Waals surface area contributed by atoms with Crippen molar-refractivity contribution in [3.63, 3.8) is 0 Å². The summed E-state index contributed by atoms with van der Waals surface area (Å²) in [5, 5.41) is 14.0. The molecule has 2 rings (SSSR count). The zero-order chi connectivity index (χ0) is 13.3. The Labute approximate surface area is 112 Å². The Bertz CT molecular complexity index is 576. The maximum Gasteiger partial charge on any atom is 0.263 e. The Morgan fingerprint density at radius 3 is 2.39 bits per heavy atom. The minimum atomic E-state index is -0.576. The molecule has 0 saturated carbocycles. The van der Waals surface area contributed by atoms with Gasteiger partial charge in [0.15, 0.2) is 5.11 Å². The monoisotopic (exact) mass is 282 g/mol. The second-order valence-electron chi connectivity index (χ2n) is 3.51. The van der Waals surface area contributed by atoms with Crippen molar-refractivity contribution >= 4 is 46.8 Å². The van der Waals surface area contributed by atoms with Crippen molar-refractivity contribution < 1.29 is 14.7 Å². The highest BCUT2D eigenvalue weighted by Gasteiger charge is 2.25. The minimum absolute atomic E-state index is 0.0223. The van der Waals surface area contributed by atoms with Crippen molar-refractivity contribution in [3.05, 3.63) is 34.4 Å². The molecule has 0 radical (unpaired) electrons. The van der Waals surface area contributed by atoms with Crippen molar-refractivity contribution in [2.45, 2.75) is 0 Å². The second kappa shape index (κ2) is 4.75. The lowest BCUT2D eigenvalue weighted by Crippen LogP contribution is -2.51. The molecular weight excluding hydrogens is 276 g/mol. The first kappa shape index (κ1) is 12.5. The van der Waals surface area contributed by atoms with E-state index < -0.39 is 11.8 Å². The molecule has 0 atom stereocenters. The van der Waals surface area contributed by atoms with Crippen LogP contribution in [-0.2, 0) is 9.59 Å². The first-order valence-electron chi connectivity index (χ1n) is 4.84. The molecule has 1 aliphatic heterocycles. The summed E-state index contributed by atoms with van der Waals surface area (Å²) in [7, 11) is 0. The van der Waals surface area contributed by atoms with E-state index in [9.17, 15) is 14.7 Å². The zero-order valence-electron chi connectivity index (χ0n) is 8.86. The fourth-order valence-corrected chi connectivity index (χ4v) is 1.76. The molecule has 2 amide bonds. The van der Waals surface area contributed by atoms with E-state index in [4.69, 9.17) is 11.6 Å². The standard InChI is InChI=1S/C11H7ClN2O3S/c12-7-4-5(1-2-8(7)15)3-6-9(16)13-11(18)14-10(6)17/h1-4,15H,(H2,13,14,16,17,18). The number of phenols is 1. The number of thiocarbonyl (C=S) groups is 1. The first-order chi connectivity index (χ1) is 8.47. The number of phenolic OH excluding ortho intramolecular Hbond substituents is 1. The molecule has 0 spiro atoms. The average Bonchev–Trinajstić information content (AvgIpc) is 2.28. The van der Waals surface area contributed by atoms with Gasteiger partial charge in [0.05, 0.1) is 5.02 Å². The summed E-state index contributed by atoms with van der Waals surface area (Å²) >= 11 is 10.4. The van der Waals surface area contributed by atoms with Crippen LogP contribution in [0.25, 0.3) is 6.08 Å². The Hall–Kier alpha value is -1.92. The van der Waals surface area contributed by atoms with Gasteiger partial charge >= 0.3 is 0 Å². The van der Waals surface area contributed by atoms with E-state index in [0.717, 1.165) is 0 Å². The molecule has 1 aromatic rings. The molecule has 92 valence electrons. The van der Waals surface area contributed by atoms with Gasteiger partial charge in [-0.25, -0.2) is 0 Å². The normalized spacial score (nSPS) is 15.2. The molecule has 0 unspecified atom stereocenters. The van der Waals surface area contributed by atoms with Crippen molar-refractivity contribution in [1.82, 2.24) is 10.6 Å². The summed E-state index contributed by atoms with van der Waals surface area (Å²) in [6.45, 7) is 0. The second-order valence-corrected chi connectivity index (χ2v) is 4.32. The topological polar surface area (TPSA) is 78.4 Å². The van der Waals surface area contributed by atoms with E-state index in [1.165, 1.54) is 24.3 Å². The Balaban J connectivity index is 2.37. The summed E-state index contributed by atoms with van der Waals surface area (Å²) in [5.74, 6) is -1.22. The molecular formula is C11H7ClN2O3S. The SMILES string of the molecule is O=C1NC(=S)NC(=O)C1=Cc1ccc(O)c(Cl)c1. The molecule has 3 N–H and O–H groups in total. The third-order valence-electron chi connectivity index (χ3n) is 2.23. The number of hydrogen-bond acceptors (Lipinski definition) is 4. The van der Waals surface area contributed by atoms with Gasteiger partial charge in [-0.2, -0.15) is 0 Å². The molecule has 1 aromatic carbocycles. The Morgan fingerprint density at radius 2 is 1.83 bits per heavy atom. The largest absolute Gasteiger partial charge is 0.506 e. The first-order valence-corrected chi connectivity index (χ1v) is 5.63. The van der Waals surface area contributed by atoms with Crippen LogP contribution in [-0.4, -0.2) is 22.0 Å². The third-order valence-corrected chi connectivity index (χ3v) is 2.73. The molecule has 0 bridgehead atoms. The fourth-order valence-electron chi connectivity index (χ4n) is 1.39. The van der Waals surface area contributed by atoms with Crippen molar-refractivity contribution in [3.8, 4) is 5.75 Å². The highest BCUT2D eigenvalue weighted by molar-refractivity contribution is 7.80. The predicted octanol–water partition coefficient (Wildman–Crippen LogP) is 0.960. The van der Waals surface area contributed by atoms with Gasteiger partial charge in [0.25, 0.3) is 11.8 Å². The predicted molar refractivity (Wildman–Crippen MR) is 70.0 cm³/mol. The molecule has 18 heavy (non-hydrogen) atoms. The van der Waals surface area contributed by atoms with Crippen LogP contribution in [0.15, 0.2) is 23.8 Å². The Kier molecular flexibility index (Phi) is 3.31. The maximum absolute atomic E-state index is 11.6. The van der Waals surface area contributed by atoms with E-state index in [-0.39, 0.29) is 21.5 Å². The maximum atomic E-state index is 11.6. The van der Waals surface area contributed by atoms with Crippen molar-refractivity contribution in [2.24, 2.45) is 0 Å². The summed E-state index contributed by atoms with van der Waals surface area (Å²) in [4.78, 5) is 23.1. The Morgan fingerprint density at radius 1 is 1.22 bits per heavy atom. The highest BCUT2D eigenvalue weighted by atomic mass is 35.5. The summed E-state index contributed by atoms with van der Waals surface area (Å²) < 4.78 is 0. The van der Waals surface area contributed by atoms with Crippen LogP contribution in [0, 0.1) is 0 Å². The van der Waals surface area contributed by atoms with Crippen LogP contribution in [0.2, 0.25) is 5.02 Å². The number of amides is 2. The van der Waals surface area contributed by atoms with Crippen LogP contribution < -0.4 is 10.6 Å². The number of nitrogens with one attached hydrogen (secondary N) is 2. The third kappa shape index (κ3) is 2.49. The van der Waals surface area contributed by atoms with Crippen LogP contribution >= 0.6 is 23.8 Å². The molecule has 0 aliphatic carbocycles. The molecule has 7 heteroatoms. The van der Waals surface area contributed by atoms with Crippen LogP contribution in [0.3, 0.4) is 0 Å². The van der Waals surface area contributed by atoms with Gasteiger partial charge in [-0.05, 0) is 36.0 Å². The lowest BCUT2D eigenvalue weighted by atomic mass is 10.1. The summed E-state index contributed by atoms with van der Waals surface area (Å²) in [5.41, 5.74) is 0.441. The van der Waals surface area contributed by atoms with Gasteiger partial charge in [-0.15, -0.1) is 0 Å². The van der Waals surface area contributed by atoms with Gasteiger partial charge in [0, 0.05) is 0 Å². The molecule has 1 fully saturated rings. The number of carbonyl (C=O) groups excluding carboxylic acids is 2. The van der Waals surface area contributed by atoms with Crippen molar-refractivity contribution in [2.75, 3.05) is 0 Å². The molecule has 1 saturated heterocycles. The van der Waals surface area contributed by atoms with Crippen LogP contribution in [0.4, 0.5) is 0 Å². The molecule has 1 heterocycles. The zero-order valence-corrected chi connectivity index (χ0v) is 10.4. The molecule has 5 nitrogen and oxygen atoms in total. The minimum Gasteiger partial charge on any atom is -0.506 e. The van der Waals surface area contributed by atoms with Gasteiger partial charge in [-0.3, -0.25) is 20.2 Å². The van der Waals surface area contributed by atoms with Gasteiger partial charge < -0.3 is 5.11 Å². The van der Waals surface area contributed by atoms with E-state index >= 15 is 0 Å². The van der Waals surface area contributed by atoms with E-state index in [1.807, 2.05) is 0 Å². The molecule has 1 aliphatic rings. The molecule has 0 aromatic heterocycles. The number of rotatable bonds is 1. The average molecular weight is 283 g/mol. The lowest BCUT2D eigenvalue weighted by molar-refractivity contribution is -0.123. The number of benzene rings is 1. The smallest absolute Gasteiger partial charge is 0.263 e. The highest BCUT2D eigenvalue weighted by Crippen LogP contribution is 2.24. The van der Waals surface area contributed by atoms with Gasteiger partial charge in [-0.1, -0.05) is 17.7 Å². The van der Waals surface area contributed by atoms with E-state index in [1.54, 1.807) is 0 Å². The van der Waals surface area contributed by atoms with E-state index in [0.29, 0.717) is 5.56 Å². The van der Waals surface area contributed by atoms with Gasteiger partial charge in [0.1, 0.15) is 11.3 Å². The van der Waals surface area contributed by atoms with Gasteiger partial charge in [0.2, 0.25) is 0 Å². The number of halogens is 1. The summed E-state index contributed by atoms with van der Waals surface area (Å²) in [6, 6.07) is 4.34. The van der Waals surface area contributed by atoms with Crippen LogP contribution in [0.1, 0.15) is 5.56 Å². The van der Waals surface area contributed by atoms with Crippen LogP contribution in [0.5, 0.6) is 5.75 Å². The van der Waals surface area contributed by atoms with Crippen molar-refractivity contribution in [1.29, 1.82) is 0 Å². The number of carbonyl (C=O) groups is 2.